The third kappa shape index (κ3) is 4.18. The summed E-state index contributed by atoms with van der Waals surface area (Å²) in [5.41, 5.74) is 2.47. The summed E-state index contributed by atoms with van der Waals surface area (Å²) in [5.74, 6) is -0.227. The molecular weight excluding hydrogens is 278 g/mol. The Kier molecular flexibility index (Phi) is 4.89. The molecule has 110 valence electrons. The molecule has 0 radical (unpaired) electrons. The van der Waals surface area contributed by atoms with Gasteiger partial charge in [0, 0.05) is 16.9 Å². The van der Waals surface area contributed by atoms with Gasteiger partial charge in [0.1, 0.15) is 0 Å². The van der Waals surface area contributed by atoms with Crippen molar-refractivity contribution in [3.05, 3.63) is 59.7 Å². The molecule has 5 nitrogen and oxygen atoms in total. The molecule has 0 aliphatic rings. The molecule has 0 spiro atoms. The van der Waals surface area contributed by atoms with Gasteiger partial charge in [-0.1, -0.05) is 6.07 Å². The topological polar surface area (TPSA) is 82.0 Å². The fraction of sp³-hybridized carbons (Fsp3) is 0.118. The van der Waals surface area contributed by atoms with E-state index in [1.165, 1.54) is 6.92 Å². The Labute approximate surface area is 128 Å². The number of rotatable bonds is 5. The van der Waals surface area contributed by atoms with Gasteiger partial charge in [-0.15, -0.1) is 0 Å². The lowest BCUT2D eigenvalue weighted by atomic mass is 10.1. The lowest BCUT2D eigenvalue weighted by Gasteiger charge is -2.08. The molecule has 0 bridgehead atoms. The van der Waals surface area contributed by atoms with Gasteiger partial charge in [0.25, 0.3) is 0 Å². The van der Waals surface area contributed by atoms with Crippen LogP contribution < -0.4 is 10.6 Å². The average molecular weight is 293 g/mol. The number of hydrogen-bond acceptors (Lipinski definition) is 4. The van der Waals surface area contributed by atoms with Crippen molar-refractivity contribution in [2.24, 2.45) is 0 Å². The maximum Gasteiger partial charge on any atom is 0.243 e. The van der Waals surface area contributed by atoms with Crippen LogP contribution in [0.5, 0.6) is 0 Å². The molecule has 22 heavy (non-hydrogen) atoms. The first-order valence-electron chi connectivity index (χ1n) is 6.73. The quantitative estimate of drug-likeness (QED) is 0.830. The van der Waals surface area contributed by atoms with E-state index in [1.807, 2.05) is 6.07 Å². The summed E-state index contributed by atoms with van der Waals surface area (Å²) in [7, 11) is 0. The minimum absolute atomic E-state index is 0.0167. The smallest absolute Gasteiger partial charge is 0.243 e. The molecule has 0 aliphatic heterocycles. The second-order valence-corrected chi connectivity index (χ2v) is 4.73. The Morgan fingerprint density at radius 2 is 1.82 bits per heavy atom. The van der Waals surface area contributed by atoms with E-state index in [1.54, 1.807) is 48.5 Å². The van der Waals surface area contributed by atoms with Crippen molar-refractivity contribution in [3.8, 4) is 6.07 Å². The van der Waals surface area contributed by atoms with Crippen molar-refractivity contribution < 1.29 is 9.59 Å². The zero-order chi connectivity index (χ0) is 15.9. The molecule has 5 heteroatoms. The Bertz CT molecular complexity index is 730. The first kappa shape index (κ1) is 15.3. The number of nitriles is 1. The highest BCUT2D eigenvalue weighted by Crippen LogP contribution is 2.11. The van der Waals surface area contributed by atoms with Crippen LogP contribution >= 0.6 is 0 Å². The number of nitrogens with zero attached hydrogens (tertiary/aromatic N) is 1. The van der Waals surface area contributed by atoms with Crippen molar-refractivity contribution in [2.75, 3.05) is 17.2 Å². The monoisotopic (exact) mass is 293 g/mol. The molecule has 2 aromatic carbocycles. The lowest BCUT2D eigenvalue weighted by Crippen LogP contribution is -2.21. The van der Waals surface area contributed by atoms with E-state index < -0.39 is 0 Å². The minimum Gasteiger partial charge on any atom is -0.376 e. The van der Waals surface area contributed by atoms with Gasteiger partial charge in [0.05, 0.1) is 18.2 Å². The number of carbonyl (C=O) groups excluding carboxylic acids is 2. The van der Waals surface area contributed by atoms with Crippen LogP contribution in [0, 0.1) is 11.3 Å². The van der Waals surface area contributed by atoms with Gasteiger partial charge in [-0.3, -0.25) is 9.59 Å². The molecule has 0 atom stereocenters. The molecule has 0 aromatic heterocycles. The molecule has 0 saturated heterocycles. The summed E-state index contributed by atoms with van der Waals surface area (Å²) >= 11 is 0. The van der Waals surface area contributed by atoms with E-state index in [0.717, 1.165) is 0 Å². The minimum atomic E-state index is -0.210. The van der Waals surface area contributed by atoms with Crippen LogP contribution in [0.3, 0.4) is 0 Å². The molecule has 0 fully saturated rings. The summed E-state index contributed by atoms with van der Waals surface area (Å²) in [6, 6.07) is 15.7. The summed E-state index contributed by atoms with van der Waals surface area (Å²) in [6.45, 7) is 1.58. The summed E-state index contributed by atoms with van der Waals surface area (Å²) in [5, 5.41) is 14.5. The number of Topliss-reactive ketones (excluding diaryl/α,β-unsaturated/α-hetero) is 1. The number of anilines is 2. The second kappa shape index (κ2) is 7.04. The first-order chi connectivity index (χ1) is 10.6. The molecule has 2 rings (SSSR count). The van der Waals surface area contributed by atoms with E-state index in [2.05, 4.69) is 10.6 Å². The van der Waals surface area contributed by atoms with Crippen LogP contribution in [0.25, 0.3) is 0 Å². The SMILES string of the molecule is CC(=O)c1ccc(NC(=O)CNc2cccc(C#N)c2)cc1. The predicted molar refractivity (Wildman–Crippen MR) is 84.7 cm³/mol. The molecule has 2 aromatic rings. The van der Waals surface area contributed by atoms with Crippen molar-refractivity contribution in [1.29, 1.82) is 5.26 Å². The highest BCUT2D eigenvalue weighted by molar-refractivity contribution is 5.96. The average Bonchev–Trinajstić information content (AvgIpc) is 2.53. The molecule has 0 aliphatic carbocycles. The number of ketones is 1. The summed E-state index contributed by atoms with van der Waals surface area (Å²) < 4.78 is 0. The maximum atomic E-state index is 11.9. The van der Waals surface area contributed by atoms with Crippen LogP contribution in [0.1, 0.15) is 22.8 Å². The lowest BCUT2D eigenvalue weighted by molar-refractivity contribution is -0.114. The van der Waals surface area contributed by atoms with Crippen LogP contribution in [0.2, 0.25) is 0 Å². The van der Waals surface area contributed by atoms with Crippen molar-refractivity contribution in [3.63, 3.8) is 0 Å². The van der Waals surface area contributed by atoms with Crippen LogP contribution in [0.4, 0.5) is 11.4 Å². The van der Waals surface area contributed by atoms with Crippen LogP contribution in [-0.4, -0.2) is 18.2 Å². The van der Waals surface area contributed by atoms with Gasteiger partial charge in [-0.2, -0.15) is 5.26 Å². The van der Waals surface area contributed by atoms with Gasteiger partial charge in [0.2, 0.25) is 5.91 Å². The van der Waals surface area contributed by atoms with Crippen molar-refractivity contribution in [2.45, 2.75) is 6.92 Å². The molecule has 1 amide bonds. The van der Waals surface area contributed by atoms with E-state index in [4.69, 9.17) is 5.26 Å². The summed E-state index contributed by atoms with van der Waals surface area (Å²) in [4.78, 5) is 23.0. The Hall–Kier alpha value is -3.13. The van der Waals surface area contributed by atoms with Crippen molar-refractivity contribution >= 4 is 23.1 Å². The Balaban J connectivity index is 1.90. The highest BCUT2D eigenvalue weighted by Gasteiger charge is 2.04. The van der Waals surface area contributed by atoms with E-state index in [9.17, 15) is 9.59 Å². The largest absolute Gasteiger partial charge is 0.376 e. The Morgan fingerprint density at radius 3 is 2.45 bits per heavy atom. The molecule has 0 heterocycles. The highest BCUT2D eigenvalue weighted by atomic mass is 16.2. The van der Waals surface area contributed by atoms with Crippen LogP contribution in [0.15, 0.2) is 48.5 Å². The van der Waals surface area contributed by atoms with E-state index in [0.29, 0.717) is 22.5 Å². The molecule has 0 unspecified atom stereocenters. The zero-order valence-corrected chi connectivity index (χ0v) is 12.1. The van der Waals surface area contributed by atoms with Gasteiger partial charge in [0.15, 0.2) is 5.78 Å². The van der Waals surface area contributed by atoms with E-state index >= 15 is 0 Å². The predicted octanol–water partition coefficient (Wildman–Crippen LogP) is 2.81. The fourth-order valence-electron chi connectivity index (χ4n) is 1.87. The normalized spacial score (nSPS) is 9.64. The summed E-state index contributed by atoms with van der Waals surface area (Å²) in [6.07, 6.45) is 0. The molecule has 2 N–H and O–H groups in total. The Morgan fingerprint density at radius 1 is 1.09 bits per heavy atom. The fourth-order valence-corrected chi connectivity index (χ4v) is 1.87. The number of benzene rings is 2. The van der Waals surface area contributed by atoms with Crippen molar-refractivity contribution in [1.82, 2.24) is 0 Å². The third-order valence-corrected chi connectivity index (χ3v) is 3.02. The van der Waals surface area contributed by atoms with Gasteiger partial charge in [-0.25, -0.2) is 0 Å². The third-order valence-electron chi connectivity index (χ3n) is 3.02. The molecular formula is C17H15N3O2. The van der Waals surface area contributed by atoms with Gasteiger partial charge >= 0.3 is 0 Å². The number of nitrogens with one attached hydrogen (secondary N) is 2. The number of amides is 1. The van der Waals surface area contributed by atoms with Crippen LogP contribution in [-0.2, 0) is 4.79 Å². The second-order valence-electron chi connectivity index (χ2n) is 4.73. The van der Waals surface area contributed by atoms with Gasteiger partial charge < -0.3 is 10.6 Å². The maximum absolute atomic E-state index is 11.9. The zero-order valence-electron chi connectivity index (χ0n) is 12.1. The first-order valence-corrected chi connectivity index (χ1v) is 6.73. The molecule has 0 saturated carbocycles. The standard InChI is InChI=1S/C17H15N3O2/c1-12(21)14-5-7-15(8-6-14)20-17(22)11-19-16-4-2-3-13(9-16)10-18/h2-9,19H,11H2,1H3,(H,20,22). The number of hydrogen-bond donors (Lipinski definition) is 2. The van der Waals surface area contributed by atoms with Gasteiger partial charge in [-0.05, 0) is 49.4 Å². The number of carbonyl (C=O) groups is 2. The van der Waals surface area contributed by atoms with E-state index in [-0.39, 0.29) is 18.2 Å².